The number of thiocarbonyl (C=S) groups is 2. The molecule has 0 bridgehead atoms. The number of hydrogen-bond donors (Lipinski definition) is 4. The highest BCUT2D eigenvalue weighted by molar-refractivity contribution is 7.80. The third-order valence-electron chi connectivity index (χ3n) is 5.72. The van der Waals surface area contributed by atoms with Crippen molar-refractivity contribution in [3.63, 3.8) is 0 Å². The van der Waals surface area contributed by atoms with Gasteiger partial charge in [-0.15, -0.1) is 0 Å². The lowest BCUT2D eigenvalue weighted by atomic mass is 10.1. The first-order valence-electron chi connectivity index (χ1n) is 12.1. The lowest BCUT2D eigenvalue weighted by Crippen LogP contribution is -2.37. The number of para-hydroxylation sites is 2. The van der Waals surface area contributed by atoms with E-state index in [1.165, 1.54) is 0 Å². The van der Waals surface area contributed by atoms with E-state index in [1.807, 2.05) is 60.7 Å². The lowest BCUT2D eigenvalue weighted by molar-refractivity contribution is 0.205. The Hall–Kier alpha value is -5.06. The van der Waals surface area contributed by atoms with Crippen LogP contribution in [0.3, 0.4) is 0 Å². The maximum atomic E-state index is 12.4. The first kappa shape index (κ1) is 26.5. The molecule has 4 N–H and O–H groups in total. The van der Waals surface area contributed by atoms with E-state index >= 15 is 0 Å². The van der Waals surface area contributed by atoms with Crippen LogP contribution in [-0.2, 0) is 0 Å². The fourth-order valence-corrected chi connectivity index (χ4v) is 4.31. The fraction of sp³-hybridized carbons (Fsp3) is 0. The van der Waals surface area contributed by atoms with Crippen molar-refractivity contribution < 1.29 is 19.1 Å². The Balaban J connectivity index is 1.14. The molecular weight excluding hydrogens is 544 g/mol. The SMILES string of the molecule is O=C(NC(=S)Nc1ccccc1NC(=S)NC(=O)Oc1ccc2ccccc2c1)Oc1ccc2ccccc2c1. The zero-order valence-electron chi connectivity index (χ0n) is 20.8. The number of ether oxygens (including phenoxy) is 2. The van der Waals surface area contributed by atoms with Crippen LogP contribution in [0.5, 0.6) is 11.5 Å². The van der Waals surface area contributed by atoms with Crippen LogP contribution in [0, 0.1) is 0 Å². The Morgan fingerprint density at radius 3 is 1.30 bits per heavy atom. The molecular formula is C30H22N4O4S2. The highest BCUT2D eigenvalue weighted by Gasteiger charge is 2.12. The number of rotatable bonds is 4. The highest BCUT2D eigenvalue weighted by atomic mass is 32.1. The van der Waals surface area contributed by atoms with E-state index in [4.69, 9.17) is 33.9 Å². The van der Waals surface area contributed by atoms with Crippen LogP contribution in [0.25, 0.3) is 21.5 Å². The molecule has 5 aromatic rings. The van der Waals surface area contributed by atoms with E-state index in [-0.39, 0.29) is 10.2 Å². The van der Waals surface area contributed by atoms with E-state index in [0.717, 1.165) is 21.5 Å². The predicted octanol–water partition coefficient (Wildman–Crippen LogP) is 6.96. The van der Waals surface area contributed by atoms with Crippen molar-refractivity contribution in [2.45, 2.75) is 0 Å². The molecule has 0 aliphatic rings. The number of carbonyl (C=O) groups excluding carboxylic acids is 2. The van der Waals surface area contributed by atoms with Gasteiger partial charge in [-0.2, -0.15) is 0 Å². The molecule has 0 fully saturated rings. The van der Waals surface area contributed by atoms with E-state index in [9.17, 15) is 9.59 Å². The second-order valence-electron chi connectivity index (χ2n) is 8.50. The average Bonchev–Trinajstić information content (AvgIpc) is 2.93. The quantitative estimate of drug-likeness (QED) is 0.173. The van der Waals surface area contributed by atoms with Gasteiger partial charge in [-0.25, -0.2) is 9.59 Å². The van der Waals surface area contributed by atoms with E-state index in [2.05, 4.69) is 21.3 Å². The first-order chi connectivity index (χ1) is 19.4. The van der Waals surface area contributed by atoms with Crippen molar-refractivity contribution in [3.05, 3.63) is 109 Å². The molecule has 0 spiro atoms. The molecule has 5 rings (SSSR count). The molecule has 198 valence electrons. The lowest BCUT2D eigenvalue weighted by Gasteiger charge is -2.15. The number of nitrogens with one attached hydrogen (secondary N) is 4. The van der Waals surface area contributed by atoms with Gasteiger partial charge in [0.2, 0.25) is 0 Å². The summed E-state index contributed by atoms with van der Waals surface area (Å²) in [5.41, 5.74) is 1.01. The molecule has 0 heterocycles. The van der Waals surface area contributed by atoms with Crippen molar-refractivity contribution in [2.24, 2.45) is 0 Å². The second kappa shape index (κ2) is 12.2. The Morgan fingerprint density at radius 2 is 0.875 bits per heavy atom. The van der Waals surface area contributed by atoms with E-state index < -0.39 is 12.2 Å². The zero-order valence-corrected chi connectivity index (χ0v) is 22.5. The topological polar surface area (TPSA) is 101 Å². The number of benzene rings is 5. The highest BCUT2D eigenvalue weighted by Crippen LogP contribution is 2.23. The Kier molecular flexibility index (Phi) is 8.10. The Labute approximate surface area is 240 Å². The van der Waals surface area contributed by atoms with Gasteiger partial charge in [0.05, 0.1) is 11.4 Å². The summed E-state index contributed by atoms with van der Waals surface area (Å²) < 4.78 is 10.7. The summed E-state index contributed by atoms with van der Waals surface area (Å²) >= 11 is 10.6. The molecule has 0 aliphatic carbocycles. The van der Waals surface area contributed by atoms with Crippen LogP contribution >= 0.6 is 24.4 Å². The van der Waals surface area contributed by atoms with Gasteiger partial charge in [-0.3, -0.25) is 10.6 Å². The van der Waals surface area contributed by atoms with Crippen LogP contribution < -0.4 is 30.7 Å². The summed E-state index contributed by atoms with van der Waals surface area (Å²) in [7, 11) is 0. The van der Waals surface area contributed by atoms with E-state index in [1.54, 1.807) is 48.5 Å². The predicted molar refractivity (Wildman–Crippen MR) is 165 cm³/mol. The third-order valence-corrected chi connectivity index (χ3v) is 6.13. The number of fused-ring (bicyclic) bond motifs is 2. The molecule has 0 unspecified atom stereocenters. The number of carbonyl (C=O) groups is 2. The molecule has 0 saturated heterocycles. The Morgan fingerprint density at radius 1 is 0.500 bits per heavy atom. The van der Waals surface area contributed by atoms with Crippen molar-refractivity contribution in [2.75, 3.05) is 10.6 Å². The summed E-state index contributed by atoms with van der Waals surface area (Å²) in [5.74, 6) is 0.765. The monoisotopic (exact) mass is 566 g/mol. The van der Waals surface area contributed by atoms with Gasteiger partial charge < -0.3 is 20.1 Å². The molecule has 0 atom stereocenters. The number of hydrogen-bond acceptors (Lipinski definition) is 6. The summed E-state index contributed by atoms with van der Waals surface area (Å²) in [6.07, 6.45) is -1.49. The standard InChI is InChI=1S/C30H22N4O4S2/c35-29(37-23-15-13-19-7-1-3-9-21(19)17-23)33-27(39)31-25-11-5-6-12-26(25)32-28(40)34-30(36)38-24-16-14-20-8-2-4-10-22(20)18-24/h1-18H,(H2,31,33,35,39)(H2,32,34,36,40). The van der Waals surface area contributed by atoms with Crippen LogP contribution in [0.1, 0.15) is 0 Å². The zero-order chi connectivity index (χ0) is 27.9. The van der Waals surface area contributed by atoms with Crippen LogP contribution in [0.15, 0.2) is 109 Å². The summed E-state index contributed by atoms with van der Waals surface area (Å²) in [5, 5.41) is 14.8. The third kappa shape index (κ3) is 6.87. The minimum Gasteiger partial charge on any atom is -0.410 e. The van der Waals surface area contributed by atoms with Gasteiger partial charge in [-0.1, -0.05) is 72.8 Å². The van der Waals surface area contributed by atoms with Crippen LogP contribution in [0.2, 0.25) is 0 Å². The molecule has 0 aliphatic heterocycles. The normalized spacial score (nSPS) is 10.4. The van der Waals surface area contributed by atoms with Crippen LogP contribution in [-0.4, -0.2) is 22.4 Å². The van der Waals surface area contributed by atoms with Crippen molar-refractivity contribution in [1.82, 2.24) is 10.6 Å². The van der Waals surface area contributed by atoms with Gasteiger partial charge in [-0.05, 0) is 82.4 Å². The smallest absolute Gasteiger partial charge is 0.410 e. The van der Waals surface area contributed by atoms with Crippen LogP contribution in [0.4, 0.5) is 21.0 Å². The number of anilines is 2. The molecule has 0 aromatic heterocycles. The first-order valence-corrected chi connectivity index (χ1v) is 12.9. The molecule has 8 nitrogen and oxygen atoms in total. The molecule has 5 aromatic carbocycles. The van der Waals surface area contributed by atoms with Gasteiger partial charge in [0.25, 0.3) is 0 Å². The maximum Gasteiger partial charge on any atom is 0.418 e. The second-order valence-corrected chi connectivity index (χ2v) is 9.32. The number of amides is 2. The van der Waals surface area contributed by atoms with E-state index in [0.29, 0.717) is 22.9 Å². The molecule has 40 heavy (non-hydrogen) atoms. The van der Waals surface area contributed by atoms with Gasteiger partial charge >= 0.3 is 12.2 Å². The molecule has 10 heteroatoms. The summed E-state index contributed by atoms with van der Waals surface area (Å²) in [6, 6.07) is 33.2. The fourth-order valence-electron chi connectivity index (χ4n) is 3.92. The minimum atomic E-state index is -0.744. The molecule has 0 radical (unpaired) electrons. The van der Waals surface area contributed by atoms with Gasteiger partial charge in [0, 0.05) is 0 Å². The van der Waals surface area contributed by atoms with Gasteiger partial charge in [0.15, 0.2) is 10.2 Å². The molecule has 0 saturated carbocycles. The van der Waals surface area contributed by atoms with Crippen molar-refractivity contribution in [3.8, 4) is 11.5 Å². The minimum absolute atomic E-state index is 0.00892. The van der Waals surface area contributed by atoms with Crippen molar-refractivity contribution in [1.29, 1.82) is 0 Å². The summed E-state index contributed by atoms with van der Waals surface area (Å²) in [6.45, 7) is 0. The summed E-state index contributed by atoms with van der Waals surface area (Å²) in [4.78, 5) is 24.8. The Bertz CT molecular complexity index is 1630. The van der Waals surface area contributed by atoms with Gasteiger partial charge in [0.1, 0.15) is 11.5 Å². The largest absolute Gasteiger partial charge is 0.418 e. The maximum absolute atomic E-state index is 12.4. The van der Waals surface area contributed by atoms with Crippen molar-refractivity contribution >= 4 is 79.8 Å². The molecule has 2 amide bonds. The average molecular weight is 567 g/mol.